The maximum atomic E-state index is 14.7. The van der Waals surface area contributed by atoms with Crippen molar-refractivity contribution in [1.29, 1.82) is 0 Å². The number of hydrogen-bond donors (Lipinski definition) is 3. The Morgan fingerprint density at radius 1 is 1.34 bits per heavy atom. The Labute approximate surface area is 191 Å². The molecule has 32 heavy (non-hydrogen) atoms. The molecule has 1 aromatic carbocycles. The lowest BCUT2D eigenvalue weighted by atomic mass is 9.97. The van der Waals surface area contributed by atoms with Gasteiger partial charge in [0.15, 0.2) is 5.84 Å². The average Bonchev–Trinajstić information content (AvgIpc) is 3.58. The standard InChI is InChI=1S/C22H28FN7OS/c1-13(2)30(25)21(28-24)19-4-3-5-20(26-19)27-22(31)17-10-15-12-29(32-16-6-7-16)9-8-14(15)11-18(17)23/h3-5,10-11,13,16H,6-9,12,24-25H2,1-2H3,(H,26,27,31)/b28-21-. The van der Waals surface area contributed by atoms with Crippen LogP contribution in [-0.2, 0) is 13.0 Å². The molecule has 2 aromatic rings. The zero-order valence-corrected chi connectivity index (χ0v) is 19.0. The molecule has 0 radical (unpaired) electrons. The van der Waals surface area contributed by atoms with E-state index in [1.807, 2.05) is 25.8 Å². The first kappa shape index (κ1) is 22.5. The fourth-order valence-electron chi connectivity index (χ4n) is 3.52. The molecule has 2 heterocycles. The van der Waals surface area contributed by atoms with E-state index in [4.69, 9.17) is 11.7 Å². The number of nitrogens with one attached hydrogen (secondary N) is 1. The van der Waals surface area contributed by atoms with E-state index in [2.05, 4.69) is 19.7 Å². The van der Waals surface area contributed by atoms with Gasteiger partial charge >= 0.3 is 0 Å². The number of amides is 1. The van der Waals surface area contributed by atoms with E-state index in [0.717, 1.165) is 24.1 Å². The van der Waals surface area contributed by atoms with Crippen molar-refractivity contribution >= 4 is 29.5 Å². The number of carbonyl (C=O) groups excluding carboxylic acids is 1. The predicted molar refractivity (Wildman–Crippen MR) is 125 cm³/mol. The first-order valence-corrected chi connectivity index (χ1v) is 11.5. The Bertz CT molecular complexity index is 1040. The van der Waals surface area contributed by atoms with E-state index >= 15 is 0 Å². The van der Waals surface area contributed by atoms with Crippen LogP contribution in [0.5, 0.6) is 0 Å². The van der Waals surface area contributed by atoms with Gasteiger partial charge in [-0.1, -0.05) is 18.0 Å². The monoisotopic (exact) mass is 457 g/mol. The van der Waals surface area contributed by atoms with Gasteiger partial charge in [-0.25, -0.2) is 19.5 Å². The molecule has 1 aromatic heterocycles. The van der Waals surface area contributed by atoms with Crippen LogP contribution < -0.4 is 17.0 Å². The van der Waals surface area contributed by atoms with E-state index < -0.39 is 11.7 Å². The highest BCUT2D eigenvalue weighted by molar-refractivity contribution is 7.97. The Balaban J connectivity index is 1.52. The van der Waals surface area contributed by atoms with E-state index in [1.54, 1.807) is 24.3 Å². The van der Waals surface area contributed by atoms with Gasteiger partial charge in [-0.2, -0.15) is 5.10 Å². The number of hydrazine groups is 1. The van der Waals surface area contributed by atoms with E-state index in [-0.39, 0.29) is 23.3 Å². The van der Waals surface area contributed by atoms with Crippen molar-refractivity contribution in [3.63, 3.8) is 0 Å². The second-order valence-electron chi connectivity index (χ2n) is 8.33. The van der Waals surface area contributed by atoms with Crippen LogP contribution in [-0.4, -0.2) is 43.9 Å². The first-order valence-electron chi connectivity index (χ1n) is 10.7. The maximum Gasteiger partial charge on any atom is 0.259 e. The first-order chi connectivity index (χ1) is 15.4. The highest BCUT2D eigenvalue weighted by atomic mass is 32.2. The Hall–Kier alpha value is -2.69. The van der Waals surface area contributed by atoms with Crippen molar-refractivity contribution in [3.05, 3.63) is 58.5 Å². The molecule has 1 aliphatic carbocycles. The quantitative estimate of drug-likeness (QED) is 0.201. The second kappa shape index (κ2) is 9.43. The summed E-state index contributed by atoms with van der Waals surface area (Å²) in [6, 6.07) is 8.11. The molecule has 1 saturated carbocycles. The summed E-state index contributed by atoms with van der Waals surface area (Å²) in [6.07, 6.45) is 3.30. The minimum atomic E-state index is -0.554. The lowest BCUT2D eigenvalue weighted by molar-refractivity contribution is 0.102. The van der Waals surface area contributed by atoms with Gasteiger partial charge in [0, 0.05) is 24.4 Å². The Morgan fingerprint density at radius 3 is 2.81 bits per heavy atom. The van der Waals surface area contributed by atoms with Gasteiger partial charge in [-0.15, -0.1) is 0 Å². The molecule has 5 N–H and O–H groups in total. The number of aromatic nitrogens is 1. The number of hydrogen-bond acceptors (Lipinski definition) is 7. The molecule has 10 heteroatoms. The smallest absolute Gasteiger partial charge is 0.259 e. The van der Waals surface area contributed by atoms with Crippen LogP contribution in [0.1, 0.15) is 53.9 Å². The summed E-state index contributed by atoms with van der Waals surface area (Å²) in [5.41, 5.74) is 2.36. The average molecular weight is 458 g/mol. The summed E-state index contributed by atoms with van der Waals surface area (Å²) in [6.45, 7) is 5.39. The summed E-state index contributed by atoms with van der Waals surface area (Å²) in [5.74, 6) is 11.0. The molecule has 8 nitrogen and oxygen atoms in total. The SMILES string of the molecule is CC(C)N(N)/C(=N\N)c1cccc(NC(=O)c2cc3c(cc2F)CCN(SC2CC2)C3)n1. The zero-order valence-electron chi connectivity index (χ0n) is 18.2. The van der Waals surface area contributed by atoms with Crippen molar-refractivity contribution in [2.24, 2.45) is 16.8 Å². The van der Waals surface area contributed by atoms with Crippen LogP contribution in [0.25, 0.3) is 0 Å². The molecule has 2 aliphatic rings. The Kier molecular flexibility index (Phi) is 6.63. The summed E-state index contributed by atoms with van der Waals surface area (Å²) < 4.78 is 17.1. The summed E-state index contributed by atoms with van der Waals surface area (Å²) >= 11 is 1.88. The molecule has 0 bridgehead atoms. The number of rotatable bonds is 6. The highest BCUT2D eigenvalue weighted by Gasteiger charge is 2.28. The van der Waals surface area contributed by atoms with Crippen LogP contribution in [0.2, 0.25) is 0 Å². The third kappa shape index (κ3) is 5.03. The third-order valence-electron chi connectivity index (χ3n) is 5.48. The molecule has 0 atom stereocenters. The van der Waals surface area contributed by atoms with E-state index in [9.17, 15) is 9.18 Å². The number of pyridine rings is 1. The van der Waals surface area contributed by atoms with E-state index in [1.165, 1.54) is 23.9 Å². The fraction of sp³-hybridized carbons (Fsp3) is 0.409. The van der Waals surface area contributed by atoms with Gasteiger partial charge in [0.1, 0.15) is 17.3 Å². The predicted octanol–water partition coefficient (Wildman–Crippen LogP) is 2.85. The van der Waals surface area contributed by atoms with Crippen LogP contribution >= 0.6 is 11.9 Å². The minimum Gasteiger partial charge on any atom is -0.321 e. The van der Waals surface area contributed by atoms with Gasteiger partial charge in [0.25, 0.3) is 5.91 Å². The van der Waals surface area contributed by atoms with Gasteiger partial charge in [0.2, 0.25) is 0 Å². The number of halogens is 1. The maximum absolute atomic E-state index is 14.7. The van der Waals surface area contributed by atoms with Crippen LogP contribution in [0.3, 0.4) is 0 Å². The lowest BCUT2D eigenvalue weighted by Gasteiger charge is -2.28. The molecular weight excluding hydrogens is 429 g/mol. The largest absolute Gasteiger partial charge is 0.321 e. The van der Waals surface area contributed by atoms with Gasteiger partial charge in [-0.05, 0) is 68.5 Å². The normalized spacial score (nSPS) is 16.7. The fourth-order valence-corrected chi connectivity index (χ4v) is 4.70. The number of hydrazone groups is 1. The van der Waals surface area contributed by atoms with Gasteiger partial charge < -0.3 is 11.2 Å². The second-order valence-corrected chi connectivity index (χ2v) is 9.73. The number of nitrogens with zero attached hydrogens (tertiary/aromatic N) is 4. The minimum absolute atomic E-state index is 0.00423. The summed E-state index contributed by atoms with van der Waals surface area (Å²) in [7, 11) is 0. The van der Waals surface area contributed by atoms with E-state index in [0.29, 0.717) is 17.5 Å². The van der Waals surface area contributed by atoms with Crippen LogP contribution in [0.15, 0.2) is 35.4 Å². The van der Waals surface area contributed by atoms with Gasteiger partial charge in [-0.3, -0.25) is 9.80 Å². The topological polar surface area (TPSA) is 113 Å². The molecule has 0 unspecified atom stereocenters. The molecule has 0 saturated heterocycles. The zero-order chi connectivity index (χ0) is 22.8. The molecule has 170 valence electrons. The van der Waals surface area contributed by atoms with Crippen LogP contribution in [0, 0.1) is 5.82 Å². The van der Waals surface area contributed by atoms with Crippen molar-refractivity contribution in [3.8, 4) is 0 Å². The number of anilines is 1. The molecule has 4 rings (SSSR count). The molecule has 0 spiro atoms. The van der Waals surface area contributed by atoms with Gasteiger partial charge in [0.05, 0.1) is 5.56 Å². The molecule has 1 fully saturated rings. The lowest BCUT2D eigenvalue weighted by Crippen LogP contribution is -2.44. The third-order valence-corrected chi connectivity index (χ3v) is 6.86. The molecular formula is C22H28FN7OS. The van der Waals surface area contributed by atoms with Crippen molar-refractivity contribution < 1.29 is 9.18 Å². The number of nitrogens with two attached hydrogens (primary N) is 2. The summed E-state index contributed by atoms with van der Waals surface area (Å²) in [4.78, 5) is 17.3. The number of carbonyl (C=O) groups is 1. The van der Waals surface area contributed by atoms with Crippen LogP contribution in [0.4, 0.5) is 10.2 Å². The summed E-state index contributed by atoms with van der Waals surface area (Å²) in [5, 5.41) is 8.51. The van der Waals surface area contributed by atoms with Crippen molar-refractivity contribution in [2.75, 3.05) is 11.9 Å². The molecule has 1 amide bonds. The molecule has 1 aliphatic heterocycles. The highest BCUT2D eigenvalue weighted by Crippen LogP contribution is 2.38. The number of amidine groups is 1. The Morgan fingerprint density at radius 2 is 2.12 bits per heavy atom. The van der Waals surface area contributed by atoms with Crippen molar-refractivity contribution in [2.45, 2.75) is 50.9 Å². The van der Waals surface area contributed by atoms with Crippen molar-refractivity contribution in [1.82, 2.24) is 14.3 Å². The number of benzene rings is 1. The number of fused-ring (bicyclic) bond motifs is 1.